The third-order valence-corrected chi connectivity index (χ3v) is 5.42. The van der Waals surface area contributed by atoms with Crippen LogP contribution in [0.2, 0.25) is 0 Å². The van der Waals surface area contributed by atoms with Gasteiger partial charge in [-0.15, -0.1) is 11.8 Å². The molecule has 2 aromatic carbocycles. The molecule has 0 aliphatic rings. The highest BCUT2D eigenvalue weighted by molar-refractivity contribution is 7.99. The molecule has 4 nitrogen and oxygen atoms in total. The third kappa shape index (κ3) is 5.01. The number of aryl methyl sites for hydroxylation is 2. The number of carbonyl (C=O) groups is 1. The molecular weight excluding hydrogens is 358 g/mol. The quantitative estimate of drug-likeness (QED) is 0.598. The van der Waals surface area contributed by atoms with Crippen LogP contribution in [0.5, 0.6) is 0 Å². The molecule has 0 aliphatic carbocycles. The van der Waals surface area contributed by atoms with Crippen molar-refractivity contribution in [3.8, 4) is 0 Å². The summed E-state index contributed by atoms with van der Waals surface area (Å²) in [7, 11) is 0. The van der Waals surface area contributed by atoms with Gasteiger partial charge in [0.2, 0.25) is 5.91 Å². The van der Waals surface area contributed by atoms with Crippen LogP contribution >= 0.6 is 11.8 Å². The molecule has 5 heteroatoms. The Hall–Kier alpha value is -2.53. The van der Waals surface area contributed by atoms with E-state index in [-0.39, 0.29) is 11.5 Å². The molecule has 1 N–H and O–H groups in total. The van der Waals surface area contributed by atoms with Crippen molar-refractivity contribution in [3.63, 3.8) is 0 Å². The predicted octanol–water partition coefficient (Wildman–Crippen LogP) is 4.79. The Morgan fingerprint density at radius 1 is 1.00 bits per heavy atom. The first-order valence-corrected chi connectivity index (χ1v) is 10.3. The minimum absolute atomic E-state index is 0.0511. The molecule has 0 saturated carbocycles. The highest BCUT2D eigenvalue weighted by Crippen LogP contribution is 2.23. The topological polar surface area (TPSA) is 59.3 Å². The average molecular weight is 381 g/mol. The molecule has 1 amide bonds. The summed E-state index contributed by atoms with van der Waals surface area (Å²) in [6.07, 6.45) is 1.86. The molecule has 1 heterocycles. The smallest absolute Gasteiger partial charge is 0.336 e. The second kappa shape index (κ2) is 8.91. The van der Waals surface area contributed by atoms with E-state index in [9.17, 15) is 9.59 Å². The van der Waals surface area contributed by atoms with E-state index in [1.807, 2.05) is 42.5 Å². The van der Waals surface area contributed by atoms with Crippen LogP contribution in [0.15, 0.2) is 57.7 Å². The number of benzene rings is 2. The fourth-order valence-corrected chi connectivity index (χ4v) is 3.71. The monoisotopic (exact) mass is 381 g/mol. The highest BCUT2D eigenvalue weighted by Gasteiger charge is 2.08. The van der Waals surface area contributed by atoms with Gasteiger partial charge in [0.05, 0.1) is 5.75 Å². The number of fused-ring (bicyclic) bond motifs is 1. The number of carbonyl (C=O) groups excluding carboxylic acids is 1. The first-order chi connectivity index (χ1) is 13.1. The highest BCUT2D eigenvalue weighted by atomic mass is 32.2. The Morgan fingerprint density at radius 2 is 1.70 bits per heavy atom. The van der Waals surface area contributed by atoms with Crippen molar-refractivity contribution in [2.45, 2.75) is 32.4 Å². The number of rotatable bonds is 7. The van der Waals surface area contributed by atoms with E-state index in [0.717, 1.165) is 35.0 Å². The lowest BCUT2D eigenvalue weighted by atomic mass is 10.1. The van der Waals surface area contributed by atoms with E-state index >= 15 is 0 Å². The predicted molar refractivity (Wildman–Crippen MR) is 112 cm³/mol. The number of thioether (sulfide) groups is 1. The van der Waals surface area contributed by atoms with E-state index in [1.165, 1.54) is 23.4 Å². The molecule has 3 aromatic rings. The summed E-state index contributed by atoms with van der Waals surface area (Å²) in [6.45, 7) is 4.16. The van der Waals surface area contributed by atoms with Gasteiger partial charge in [-0.2, -0.15) is 0 Å². The molecule has 0 radical (unpaired) electrons. The van der Waals surface area contributed by atoms with Crippen LogP contribution in [0.4, 0.5) is 5.69 Å². The number of nitrogens with one attached hydrogen (secondary N) is 1. The lowest BCUT2D eigenvalue weighted by molar-refractivity contribution is -0.113. The summed E-state index contributed by atoms with van der Waals surface area (Å²) in [4.78, 5) is 24.0. The number of hydrogen-bond donors (Lipinski definition) is 1. The van der Waals surface area contributed by atoms with Crippen LogP contribution in [0.3, 0.4) is 0 Å². The number of hydrogen-bond acceptors (Lipinski definition) is 4. The Balaban J connectivity index is 1.62. The van der Waals surface area contributed by atoms with Gasteiger partial charge in [0.15, 0.2) is 0 Å². The van der Waals surface area contributed by atoms with Crippen LogP contribution in [0, 0.1) is 0 Å². The van der Waals surface area contributed by atoms with Gasteiger partial charge >= 0.3 is 5.63 Å². The average Bonchev–Trinajstić information content (AvgIpc) is 2.67. The summed E-state index contributed by atoms with van der Waals surface area (Å²) >= 11 is 1.48. The van der Waals surface area contributed by atoms with Crippen molar-refractivity contribution in [2.75, 3.05) is 11.1 Å². The summed E-state index contributed by atoms with van der Waals surface area (Å²) in [5.41, 5.74) is 4.32. The van der Waals surface area contributed by atoms with Crippen molar-refractivity contribution in [3.05, 3.63) is 75.6 Å². The van der Waals surface area contributed by atoms with Crippen molar-refractivity contribution < 1.29 is 9.21 Å². The summed E-state index contributed by atoms with van der Waals surface area (Å²) in [5, 5.41) is 3.83. The van der Waals surface area contributed by atoms with E-state index in [0.29, 0.717) is 17.1 Å². The van der Waals surface area contributed by atoms with Crippen LogP contribution in [0.1, 0.15) is 30.5 Å². The minimum atomic E-state index is -0.355. The van der Waals surface area contributed by atoms with E-state index in [4.69, 9.17) is 4.42 Å². The molecule has 0 atom stereocenters. The molecule has 27 heavy (non-hydrogen) atoms. The fourth-order valence-electron chi connectivity index (χ4n) is 2.89. The van der Waals surface area contributed by atoms with Crippen molar-refractivity contribution >= 4 is 34.3 Å². The molecule has 1 aromatic heterocycles. The molecule has 0 aliphatic heterocycles. The van der Waals surface area contributed by atoms with Crippen molar-refractivity contribution in [2.24, 2.45) is 0 Å². The molecule has 0 unspecified atom stereocenters. The largest absolute Gasteiger partial charge is 0.423 e. The number of anilines is 1. The molecule has 0 bridgehead atoms. The fraction of sp³-hybridized carbons (Fsp3) is 0.273. The summed E-state index contributed by atoms with van der Waals surface area (Å²) in [6, 6.07) is 15.3. The van der Waals surface area contributed by atoms with Crippen molar-refractivity contribution in [1.82, 2.24) is 0 Å². The second-order valence-electron chi connectivity index (χ2n) is 6.37. The van der Waals surface area contributed by atoms with Crippen molar-refractivity contribution in [1.29, 1.82) is 0 Å². The normalized spacial score (nSPS) is 10.9. The van der Waals surface area contributed by atoms with Crippen LogP contribution in [-0.2, 0) is 23.4 Å². The Kier molecular flexibility index (Phi) is 6.35. The van der Waals surface area contributed by atoms with E-state index in [2.05, 4.69) is 19.2 Å². The Morgan fingerprint density at radius 3 is 2.41 bits per heavy atom. The van der Waals surface area contributed by atoms with E-state index < -0.39 is 0 Å². The summed E-state index contributed by atoms with van der Waals surface area (Å²) in [5.74, 6) is 0.852. The summed E-state index contributed by atoms with van der Waals surface area (Å²) < 4.78 is 5.33. The lowest BCUT2D eigenvalue weighted by Crippen LogP contribution is -2.14. The molecule has 140 valence electrons. The maximum atomic E-state index is 12.2. The van der Waals surface area contributed by atoms with Gasteiger partial charge in [-0.1, -0.05) is 38.1 Å². The SMILES string of the molecule is CCc1ccc(NC(=O)CSCc2cc(=O)oc3cc(CC)ccc23)cc1. The molecule has 0 fully saturated rings. The zero-order valence-corrected chi connectivity index (χ0v) is 16.4. The maximum absolute atomic E-state index is 12.2. The Labute approximate surface area is 163 Å². The van der Waals surface area contributed by atoms with Gasteiger partial charge in [0, 0.05) is 22.9 Å². The molecule has 0 spiro atoms. The zero-order chi connectivity index (χ0) is 19.2. The van der Waals surface area contributed by atoms with Gasteiger partial charge < -0.3 is 9.73 Å². The second-order valence-corrected chi connectivity index (χ2v) is 7.35. The Bertz CT molecular complexity index is 993. The number of amides is 1. The first kappa shape index (κ1) is 19.2. The lowest BCUT2D eigenvalue weighted by Gasteiger charge is -2.08. The molecule has 0 saturated heterocycles. The molecular formula is C22H23NO3S. The van der Waals surface area contributed by atoms with Crippen LogP contribution < -0.4 is 10.9 Å². The van der Waals surface area contributed by atoms with Gasteiger partial charge in [-0.25, -0.2) is 4.79 Å². The van der Waals surface area contributed by atoms with Crippen LogP contribution in [-0.4, -0.2) is 11.7 Å². The molecule has 3 rings (SSSR count). The van der Waals surface area contributed by atoms with Gasteiger partial charge in [-0.3, -0.25) is 4.79 Å². The van der Waals surface area contributed by atoms with Gasteiger partial charge in [0.25, 0.3) is 0 Å². The zero-order valence-electron chi connectivity index (χ0n) is 15.6. The van der Waals surface area contributed by atoms with Gasteiger partial charge in [-0.05, 0) is 47.7 Å². The van der Waals surface area contributed by atoms with Gasteiger partial charge in [0.1, 0.15) is 5.58 Å². The first-order valence-electron chi connectivity index (χ1n) is 9.11. The van der Waals surface area contributed by atoms with E-state index in [1.54, 1.807) is 0 Å². The van der Waals surface area contributed by atoms with Crippen LogP contribution in [0.25, 0.3) is 11.0 Å². The minimum Gasteiger partial charge on any atom is -0.423 e. The third-order valence-electron chi connectivity index (χ3n) is 4.44. The standard InChI is InChI=1S/C22H23NO3S/c1-3-15-5-8-18(9-6-15)23-21(24)14-27-13-17-12-22(25)26-20-11-16(4-2)7-10-19(17)20/h5-12H,3-4,13-14H2,1-2H3,(H,23,24). The maximum Gasteiger partial charge on any atom is 0.336 e.